The van der Waals surface area contributed by atoms with E-state index in [4.69, 9.17) is 4.74 Å². The maximum absolute atomic E-state index is 12.1. The van der Waals surface area contributed by atoms with Gasteiger partial charge < -0.3 is 9.72 Å². The largest absolute Gasteiger partial charge is 0.496 e. The third kappa shape index (κ3) is 1.75. The molecule has 0 amide bonds. The van der Waals surface area contributed by atoms with Crippen molar-refractivity contribution >= 4 is 26.7 Å². The van der Waals surface area contributed by atoms with Gasteiger partial charge in [-0.1, -0.05) is 0 Å². The molecule has 3 rings (SSSR count). The maximum Gasteiger partial charge on any atom is 0.256 e. The summed E-state index contributed by atoms with van der Waals surface area (Å²) >= 11 is 3.43. The van der Waals surface area contributed by atoms with Crippen LogP contribution in [0.15, 0.2) is 21.4 Å². The summed E-state index contributed by atoms with van der Waals surface area (Å²) in [6, 6.07) is 3.82. The molecular formula is C14H14BrNO2. The minimum Gasteiger partial charge on any atom is -0.496 e. The highest BCUT2D eigenvalue weighted by Gasteiger charge is 2.16. The van der Waals surface area contributed by atoms with Gasteiger partial charge in [0.1, 0.15) is 5.75 Å². The highest BCUT2D eigenvalue weighted by Crippen LogP contribution is 2.33. The summed E-state index contributed by atoms with van der Waals surface area (Å²) in [6.45, 7) is 0. The molecule has 0 atom stereocenters. The SMILES string of the molecule is COc1cc2c3c([nH]c(=O)c2cc1Br)CCCC3. The third-order valence-corrected chi connectivity index (χ3v) is 4.21. The Morgan fingerprint density at radius 3 is 2.78 bits per heavy atom. The maximum atomic E-state index is 12.1. The molecule has 2 aromatic rings. The molecule has 4 heteroatoms. The second-order valence-electron chi connectivity index (χ2n) is 4.65. The van der Waals surface area contributed by atoms with E-state index in [0.29, 0.717) is 0 Å². The van der Waals surface area contributed by atoms with Crippen LogP contribution in [-0.2, 0) is 12.8 Å². The summed E-state index contributed by atoms with van der Waals surface area (Å²) < 4.78 is 6.14. The molecule has 0 radical (unpaired) electrons. The van der Waals surface area contributed by atoms with Crippen molar-refractivity contribution in [3.8, 4) is 5.75 Å². The third-order valence-electron chi connectivity index (χ3n) is 3.59. The van der Waals surface area contributed by atoms with Crippen LogP contribution < -0.4 is 10.3 Å². The Morgan fingerprint density at radius 2 is 2.00 bits per heavy atom. The highest BCUT2D eigenvalue weighted by molar-refractivity contribution is 9.10. The van der Waals surface area contributed by atoms with Crippen molar-refractivity contribution in [2.24, 2.45) is 0 Å². The first-order valence-corrected chi connectivity index (χ1v) is 6.91. The molecule has 18 heavy (non-hydrogen) atoms. The zero-order valence-corrected chi connectivity index (χ0v) is 11.8. The van der Waals surface area contributed by atoms with Crippen LogP contribution in [0.5, 0.6) is 5.75 Å². The molecule has 0 spiro atoms. The first-order valence-electron chi connectivity index (χ1n) is 6.12. The van der Waals surface area contributed by atoms with Crippen LogP contribution in [0, 0.1) is 0 Å². The van der Waals surface area contributed by atoms with Gasteiger partial charge in [-0.3, -0.25) is 4.79 Å². The molecule has 1 N–H and O–H groups in total. The van der Waals surface area contributed by atoms with Gasteiger partial charge in [0.25, 0.3) is 5.56 Å². The van der Waals surface area contributed by atoms with Gasteiger partial charge in [-0.2, -0.15) is 0 Å². The molecule has 0 bridgehead atoms. The number of aromatic nitrogens is 1. The summed E-state index contributed by atoms with van der Waals surface area (Å²) in [4.78, 5) is 15.1. The van der Waals surface area contributed by atoms with Gasteiger partial charge in [-0.15, -0.1) is 0 Å². The standard InChI is InChI=1S/C14H14BrNO2/c1-18-13-7-9-8-4-2-3-5-12(8)16-14(17)10(9)6-11(13)15/h6-7H,2-5H2,1H3,(H,16,17). The number of aryl methyl sites for hydroxylation is 2. The van der Waals surface area contributed by atoms with Crippen LogP contribution in [0.2, 0.25) is 0 Å². The number of ether oxygens (including phenoxy) is 1. The number of aromatic amines is 1. The molecule has 1 heterocycles. The number of H-pyrrole nitrogens is 1. The number of hydrogen-bond donors (Lipinski definition) is 1. The lowest BCUT2D eigenvalue weighted by Gasteiger charge is -2.18. The predicted molar refractivity (Wildman–Crippen MR) is 75.5 cm³/mol. The van der Waals surface area contributed by atoms with Gasteiger partial charge >= 0.3 is 0 Å². The summed E-state index contributed by atoms with van der Waals surface area (Å²) in [5, 5.41) is 1.77. The molecule has 1 aromatic heterocycles. The van der Waals surface area contributed by atoms with Crippen LogP contribution in [0.3, 0.4) is 0 Å². The quantitative estimate of drug-likeness (QED) is 0.879. The molecule has 1 aliphatic carbocycles. The van der Waals surface area contributed by atoms with Crippen molar-refractivity contribution in [2.45, 2.75) is 25.7 Å². The Kier molecular flexibility index (Phi) is 2.90. The first kappa shape index (κ1) is 11.8. The Balaban J connectivity index is 2.40. The fourth-order valence-corrected chi connectivity index (χ4v) is 3.20. The minimum atomic E-state index is -0.00555. The second kappa shape index (κ2) is 4.43. The Hall–Kier alpha value is -1.29. The van der Waals surface area contributed by atoms with Gasteiger partial charge in [-0.05, 0) is 64.7 Å². The lowest BCUT2D eigenvalue weighted by atomic mass is 9.92. The summed E-state index contributed by atoms with van der Waals surface area (Å²) in [6.07, 6.45) is 4.35. The van der Waals surface area contributed by atoms with Gasteiger partial charge in [0, 0.05) is 11.1 Å². The van der Waals surface area contributed by atoms with Crippen molar-refractivity contribution in [1.82, 2.24) is 4.98 Å². The van der Waals surface area contributed by atoms with E-state index >= 15 is 0 Å². The van der Waals surface area contributed by atoms with Crippen LogP contribution in [0.1, 0.15) is 24.1 Å². The van der Waals surface area contributed by atoms with Crippen molar-refractivity contribution in [3.05, 3.63) is 38.2 Å². The Morgan fingerprint density at radius 1 is 1.22 bits per heavy atom. The first-order chi connectivity index (χ1) is 8.70. The van der Waals surface area contributed by atoms with Crippen LogP contribution in [0.4, 0.5) is 0 Å². The predicted octanol–water partition coefficient (Wildman–Crippen LogP) is 3.18. The monoisotopic (exact) mass is 307 g/mol. The molecule has 3 nitrogen and oxygen atoms in total. The molecular weight excluding hydrogens is 294 g/mol. The molecule has 94 valence electrons. The van der Waals surface area contributed by atoms with Gasteiger partial charge in [0.15, 0.2) is 0 Å². The Bertz CT molecular complexity index is 676. The van der Waals surface area contributed by atoms with Crippen molar-refractivity contribution in [3.63, 3.8) is 0 Å². The fraction of sp³-hybridized carbons (Fsp3) is 0.357. The number of methoxy groups -OCH3 is 1. The second-order valence-corrected chi connectivity index (χ2v) is 5.51. The zero-order valence-electron chi connectivity index (χ0n) is 10.2. The van der Waals surface area contributed by atoms with E-state index in [1.165, 1.54) is 12.0 Å². The average molecular weight is 308 g/mol. The number of halogens is 1. The molecule has 0 aliphatic heterocycles. The van der Waals surface area contributed by atoms with Gasteiger partial charge in [0.2, 0.25) is 0 Å². The van der Waals surface area contributed by atoms with Crippen LogP contribution >= 0.6 is 15.9 Å². The molecule has 0 unspecified atom stereocenters. The number of nitrogens with one attached hydrogen (secondary N) is 1. The average Bonchev–Trinajstić information content (AvgIpc) is 2.39. The number of pyridine rings is 1. The van der Waals surface area contributed by atoms with E-state index in [1.807, 2.05) is 12.1 Å². The van der Waals surface area contributed by atoms with Crippen LogP contribution in [0.25, 0.3) is 10.8 Å². The van der Waals surface area contributed by atoms with Gasteiger partial charge in [-0.25, -0.2) is 0 Å². The molecule has 1 aromatic carbocycles. The lowest BCUT2D eigenvalue weighted by molar-refractivity contribution is 0.413. The topological polar surface area (TPSA) is 42.1 Å². The van der Waals surface area contributed by atoms with Crippen molar-refractivity contribution < 1.29 is 4.74 Å². The molecule has 0 saturated heterocycles. The number of rotatable bonds is 1. The number of fused-ring (bicyclic) bond motifs is 3. The van der Waals surface area contributed by atoms with E-state index < -0.39 is 0 Å². The number of hydrogen-bond acceptors (Lipinski definition) is 2. The van der Waals surface area contributed by atoms with E-state index in [2.05, 4.69) is 20.9 Å². The lowest BCUT2D eigenvalue weighted by Crippen LogP contribution is -2.16. The van der Waals surface area contributed by atoms with Gasteiger partial charge in [0.05, 0.1) is 11.6 Å². The summed E-state index contributed by atoms with van der Waals surface area (Å²) in [7, 11) is 1.64. The van der Waals surface area contributed by atoms with E-state index in [-0.39, 0.29) is 5.56 Å². The minimum absolute atomic E-state index is 0.00555. The normalized spacial score (nSPS) is 14.6. The van der Waals surface area contributed by atoms with E-state index in [0.717, 1.165) is 46.0 Å². The zero-order chi connectivity index (χ0) is 12.7. The summed E-state index contributed by atoms with van der Waals surface area (Å²) in [5.41, 5.74) is 2.37. The van der Waals surface area contributed by atoms with E-state index in [9.17, 15) is 4.79 Å². The van der Waals surface area contributed by atoms with Crippen LogP contribution in [-0.4, -0.2) is 12.1 Å². The highest BCUT2D eigenvalue weighted by atomic mass is 79.9. The van der Waals surface area contributed by atoms with Crippen molar-refractivity contribution in [2.75, 3.05) is 7.11 Å². The Labute approximate surface area is 113 Å². The molecule has 0 saturated carbocycles. The summed E-state index contributed by atoms with van der Waals surface area (Å²) in [5.74, 6) is 0.779. The fourth-order valence-electron chi connectivity index (χ4n) is 2.69. The van der Waals surface area contributed by atoms with E-state index in [1.54, 1.807) is 7.11 Å². The molecule has 0 fully saturated rings. The van der Waals surface area contributed by atoms with Crippen molar-refractivity contribution in [1.29, 1.82) is 0 Å². The molecule has 1 aliphatic rings. The smallest absolute Gasteiger partial charge is 0.256 e. The number of benzene rings is 1.